The van der Waals surface area contributed by atoms with E-state index < -0.39 is 55.5 Å². The van der Waals surface area contributed by atoms with Crippen LogP contribution in [0.1, 0.15) is 32.1 Å². The van der Waals surface area contributed by atoms with Gasteiger partial charge in [0.25, 0.3) is 0 Å². The molecule has 0 aliphatic rings. The van der Waals surface area contributed by atoms with Crippen LogP contribution in [-0.2, 0) is 23.9 Å². The van der Waals surface area contributed by atoms with Crippen molar-refractivity contribution in [2.75, 3.05) is 6.61 Å². The monoisotopic (exact) mass is 354 g/mol. The molecule has 0 fully saturated rings. The van der Waals surface area contributed by atoms with Crippen LogP contribution in [0.4, 0.5) is 0 Å². The summed E-state index contributed by atoms with van der Waals surface area (Å²) in [5, 5.41) is 39.0. The molecule has 25 heavy (non-hydrogen) atoms. The summed E-state index contributed by atoms with van der Waals surface area (Å²) >= 11 is 0. The van der Waals surface area contributed by atoms with E-state index in [0.717, 1.165) is 0 Å². The summed E-state index contributed by atoms with van der Waals surface area (Å²) < 4.78 is 5.12. The van der Waals surface area contributed by atoms with Crippen LogP contribution in [0.25, 0.3) is 0 Å². The number of ether oxygens (including phenoxy) is 1. The molecular formula is C14H18N4O7. The number of amides is 2. The van der Waals surface area contributed by atoms with Crippen molar-refractivity contribution in [2.24, 2.45) is 0 Å². The molecule has 0 heterocycles. The number of hydrogen-bond acceptors (Lipinski definition) is 7. The Balaban J connectivity index is 4.71. The molecule has 0 aliphatic heterocycles. The number of carbonyl (C=O) groups is 4. The Labute approximate surface area is 143 Å². The molecule has 11 nitrogen and oxygen atoms in total. The van der Waals surface area contributed by atoms with Gasteiger partial charge < -0.3 is 25.6 Å². The van der Waals surface area contributed by atoms with Gasteiger partial charge in [-0.3, -0.25) is 14.4 Å². The summed E-state index contributed by atoms with van der Waals surface area (Å²) in [5.41, 5.74) is 0. The number of nitrogens with one attached hydrogen (secondary N) is 2. The third-order valence-electron chi connectivity index (χ3n) is 2.75. The normalized spacial score (nSPS) is 11.0. The molecule has 0 aromatic heterocycles. The van der Waals surface area contributed by atoms with Crippen LogP contribution in [0, 0.1) is 22.7 Å². The van der Waals surface area contributed by atoms with E-state index in [1.807, 2.05) is 0 Å². The zero-order valence-electron chi connectivity index (χ0n) is 13.2. The average molecular weight is 354 g/mol. The van der Waals surface area contributed by atoms with E-state index in [0.29, 0.717) is 0 Å². The second-order valence-corrected chi connectivity index (χ2v) is 4.80. The summed E-state index contributed by atoms with van der Waals surface area (Å²) in [6.45, 7) is -0.432. The molecule has 136 valence electrons. The standard InChI is InChI=1S/C14H18N4O7/c15-6-4-11(19)17-10(18-12(20)5-7-16)8-25-9(14(23)24)2-1-3-13(21)22/h9-10H,1-5,8H2,(H,17,19)(H,18,20)(H,21,22)(H,23,24). The molecular weight excluding hydrogens is 336 g/mol. The second kappa shape index (κ2) is 12.3. The lowest BCUT2D eigenvalue weighted by Gasteiger charge is -2.21. The molecule has 0 bridgehead atoms. The molecule has 2 amide bonds. The summed E-state index contributed by atoms with van der Waals surface area (Å²) in [5.74, 6) is -3.83. The summed E-state index contributed by atoms with van der Waals surface area (Å²) in [6.07, 6.45) is -3.66. The summed E-state index contributed by atoms with van der Waals surface area (Å²) in [4.78, 5) is 44.4. The van der Waals surface area contributed by atoms with Crippen molar-refractivity contribution in [1.29, 1.82) is 10.5 Å². The van der Waals surface area contributed by atoms with Crippen molar-refractivity contribution in [2.45, 2.75) is 44.4 Å². The van der Waals surface area contributed by atoms with Crippen LogP contribution < -0.4 is 10.6 Å². The Kier molecular flexibility index (Phi) is 10.7. The minimum absolute atomic E-state index is 0.0680. The highest BCUT2D eigenvalue weighted by Crippen LogP contribution is 2.06. The molecule has 0 aliphatic carbocycles. The maximum Gasteiger partial charge on any atom is 0.332 e. The average Bonchev–Trinajstić information content (AvgIpc) is 2.50. The maximum atomic E-state index is 11.4. The molecule has 11 heteroatoms. The first-order valence-corrected chi connectivity index (χ1v) is 7.19. The Bertz CT molecular complexity index is 549. The molecule has 4 N–H and O–H groups in total. The lowest BCUT2D eigenvalue weighted by molar-refractivity contribution is -0.152. The molecule has 0 radical (unpaired) electrons. The Morgan fingerprint density at radius 2 is 1.52 bits per heavy atom. The smallest absolute Gasteiger partial charge is 0.332 e. The van der Waals surface area contributed by atoms with Gasteiger partial charge in [0.05, 0.1) is 18.7 Å². The first kappa shape index (κ1) is 21.8. The molecule has 0 aromatic carbocycles. The van der Waals surface area contributed by atoms with Crippen molar-refractivity contribution in [3.8, 4) is 12.1 Å². The zero-order chi connectivity index (χ0) is 19.2. The van der Waals surface area contributed by atoms with Crippen molar-refractivity contribution >= 4 is 23.8 Å². The van der Waals surface area contributed by atoms with Crippen molar-refractivity contribution in [3.63, 3.8) is 0 Å². The molecule has 0 rings (SSSR count). The number of carboxylic acids is 2. The highest BCUT2D eigenvalue weighted by molar-refractivity contribution is 5.81. The van der Waals surface area contributed by atoms with E-state index >= 15 is 0 Å². The third-order valence-corrected chi connectivity index (χ3v) is 2.75. The highest BCUT2D eigenvalue weighted by Gasteiger charge is 2.22. The number of rotatable bonds is 12. The van der Waals surface area contributed by atoms with Crippen LogP contribution in [0.3, 0.4) is 0 Å². The number of nitriles is 2. The van der Waals surface area contributed by atoms with Gasteiger partial charge in [0.15, 0.2) is 6.10 Å². The summed E-state index contributed by atoms with van der Waals surface area (Å²) in [6, 6.07) is 3.21. The molecule has 0 spiro atoms. The van der Waals surface area contributed by atoms with Gasteiger partial charge in [-0.2, -0.15) is 10.5 Å². The lowest BCUT2D eigenvalue weighted by atomic mass is 10.1. The number of aliphatic carboxylic acids is 2. The number of hydrogen-bond donors (Lipinski definition) is 4. The van der Waals surface area contributed by atoms with Crippen LogP contribution in [-0.4, -0.2) is 52.8 Å². The molecule has 0 saturated carbocycles. The van der Waals surface area contributed by atoms with Gasteiger partial charge in [-0.1, -0.05) is 0 Å². The van der Waals surface area contributed by atoms with Crippen molar-refractivity contribution in [1.82, 2.24) is 10.6 Å². The van der Waals surface area contributed by atoms with E-state index in [9.17, 15) is 19.2 Å². The van der Waals surface area contributed by atoms with Gasteiger partial charge in [0, 0.05) is 6.42 Å². The fourth-order valence-electron chi connectivity index (χ4n) is 1.68. The molecule has 0 saturated heterocycles. The van der Waals surface area contributed by atoms with Gasteiger partial charge in [0.1, 0.15) is 19.0 Å². The quantitative estimate of drug-likeness (QED) is 0.321. The van der Waals surface area contributed by atoms with Gasteiger partial charge >= 0.3 is 11.9 Å². The predicted molar refractivity (Wildman–Crippen MR) is 79.4 cm³/mol. The van der Waals surface area contributed by atoms with E-state index in [-0.39, 0.29) is 19.3 Å². The molecule has 1 unspecified atom stereocenters. The second-order valence-electron chi connectivity index (χ2n) is 4.80. The van der Waals surface area contributed by atoms with Crippen LogP contribution >= 0.6 is 0 Å². The van der Waals surface area contributed by atoms with Crippen LogP contribution in [0.2, 0.25) is 0 Å². The van der Waals surface area contributed by atoms with Gasteiger partial charge in [-0.05, 0) is 12.8 Å². The number of nitrogens with zero attached hydrogens (tertiary/aromatic N) is 2. The fourth-order valence-corrected chi connectivity index (χ4v) is 1.68. The zero-order valence-corrected chi connectivity index (χ0v) is 13.2. The number of carboxylic acid groups (broad SMARTS) is 2. The van der Waals surface area contributed by atoms with Crippen molar-refractivity contribution < 1.29 is 34.1 Å². The van der Waals surface area contributed by atoms with Gasteiger partial charge in [-0.25, -0.2) is 4.79 Å². The highest BCUT2D eigenvalue weighted by atomic mass is 16.5. The van der Waals surface area contributed by atoms with Crippen molar-refractivity contribution in [3.05, 3.63) is 0 Å². The summed E-state index contributed by atoms with van der Waals surface area (Å²) in [7, 11) is 0. The Hall–Kier alpha value is -3.18. The fraction of sp³-hybridized carbons (Fsp3) is 0.571. The molecule has 1 atom stereocenters. The maximum absolute atomic E-state index is 11.4. The number of carbonyl (C=O) groups excluding carboxylic acids is 2. The van der Waals surface area contributed by atoms with E-state index in [2.05, 4.69) is 10.6 Å². The minimum atomic E-state index is -1.33. The Morgan fingerprint density at radius 3 is 1.92 bits per heavy atom. The SMILES string of the molecule is N#CCC(=O)NC(COC(CCCC(=O)O)C(=O)O)NC(=O)CC#N. The lowest BCUT2D eigenvalue weighted by Crippen LogP contribution is -2.51. The van der Waals surface area contributed by atoms with Crippen LogP contribution in [0.15, 0.2) is 0 Å². The van der Waals surface area contributed by atoms with E-state index in [4.69, 9.17) is 25.5 Å². The third kappa shape index (κ3) is 11.1. The van der Waals surface area contributed by atoms with E-state index in [1.54, 1.807) is 12.1 Å². The van der Waals surface area contributed by atoms with Gasteiger partial charge in [-0.15, -0.1) is 0 Å². The largest absolute Gasteiger partial charge is 0.481 e. The first-order valence-electron chi connectivity index (χ1n) is 7.19. The topological polar surface area (TPSA) is 190 Å². The first-order chi connectivity index (χ1) is 11.8. The Morgan fingerprint density at radius 1 is 1.00 bits per heavy atom. The van der Waals surface area contributed by atoms with E-state index in [1.165, 1.54) is 0 Å². The minimum Gasteiger partial charge on any atom is -0.481 e. The molecule has 0 aromatic rings. The predicted octanol–water partition coefficient (Wildman–Crippen LogP) is -0.903. The van der Waals surface area contributed by atoms with Crippen LogP contribution in [0.5, 0.6) is 0 Å². The van der Waals surface area contributed by atoms with Gasteiger partial charge in [0.2, 0.25) is 11.8 Å².